The number of hydrogen-bond acceptors (Lipinski definition) is 4. The lowest BCUT2D eigenvalue weighted by molar-refractivity contribution is 0.0517. The zero-order valence-electron chi connectivity index (χ0n) is 12.2. The Hall–Kier alpha value is -2.34. The Bertz CT molecular complexity index is 634. The number of carbonyl (C=O) groups is 1. The second kappa shape index (κ2) is 5.97. The van der Waals surface area contributed by atoms with Gasteiger partial charge in [0.05, 0.1) is 11.3 Å². The lowest BCUT2D eigenvalue weighted by Crippen LogP contribution is -2.40. The summed E-state index contributed by atoms with van der Waals surface area (Å²) in [6.07, 6.45) is 2.26. The molecular weight excluding hydrogens is 268 g/mol. The third-order valence-electron chi connectivity index (χ3n) is 3.35. The van der Waals surface area contributed by atoms with Crippen molar-refractivity contribution in [2.24, 2.45) is 0 Å². The minimum absolute atomic E-state index is 0.188. The second-order valence-electron chi connectivity index (χ2n) is 5.27. The summed E-state index contributed by atoms with van der Waals surface area (Å²) < 4.78 is 1.59. The highest BCUT2D eigenvalue weighted by atomic mass is 16.3. The molecule has 4 N–H and O–H groups in total. The van der Waals surface area contributed by atoms with Crippen molar-refractivity contribution in [2.75, 3.05) is 12.3 Å². The summed E-state index contributed by atoms with van der Waals surface area (Å²) in [5.41, 5.74) is 6.53. The zero-order valence-corrected chi connectivity index (χ0v) is 12.2. The molecule has 0 spiro atoms. The molecule has 0 aliphatic heterocycles. The molecule has 21 heavy (non-hydrogen) atoms. The molecule has 1 amide bonds. The molecule has 6 nitrogen and oxygen atoms in total. The molecule has 1 aromatic heterocycles. The van der Waals surface area contributed by atoms with E-state index in [0.29, 0.717) is 17.8 Å². The van der Waals surface area contributed by atoms with E-state index in [9.17, 15) is 9.90 Å². The summed E-state index contributed by atoms with van der Waals surface area (Å²) >= 11 is 0. The molecule has 1 aromatic carbocycles. The van der Waals surface area contributed by atoms with Crippen LogP contribution in [0.5, 0.6) is 0 Å². The molecule has 1 unspecified atom stereocenters. The smallest absolute Gasteiger partial charge is 0.271 e. The predicted octanol–water partition coefficient (Wildman–Crippen LogP) is 1.35. The molecule has 6 heteroatoms. The molecule has 1 heterocycles. The largest absolute Gasteiger partial charge is 0.399 e. The Morgan fingerprint density at radius 3 is 2.90 bits per heavy atom. The van der Waals surface area contributed by atoms with Crippen molar-refractivity contribution >= 4 is 11.6 Å². The number of nitrogen functional groups attached to an aromatic ring is 1. The first kappa shape index (κ1) is 15.1. The van der Waals surface area contributed by atoms with Gasteiger partial charge in [-0.2, -0.15) is 5.10 Å². The van der Waals surface area contributed by atoms with Crippen LogP contribution in [0.15, 0.2) is 36.5 Å². The highest BCUT2D eigenvalue weighted by molar-refractivity contribution is 5.92. The Labute approximate surface area is 123 Å². The molecule has 0 fully saturated rings. The van der Waals surface area contributed by atoms with Gasteiger partial charge in [-0.25, -0.2) is 4.68 Å². The molecule has 112 valence electrons. The van der Waals surface area contributed by atoms with Crippen molar-refractivity contribution in [3.05, 3.63) is 42.2 Å². The zero-order chi connectivity index (χ0) is 15.5. The molecule has 1 atom stereocenters. The van der Waals surface area contributed by atoms with E-state index in [2.05, 4.69) is 10.4 Å². The molecule has 2 rings (SSSR count). The van der Waals surface area contributed by atoms with Crippen LogP contribution in [0.3, 0.4) is 0 Å². The first-order chi connectivity index (χ1) is 9.91. The van der Waals surface area contributed by atoms with Gasteiger partial charge >= 0.3 is 0 Å². The number of amides is 1. The van der Waals surface area contributed by atoms with Gasteiger partial charge in [0.15, 0.2) is 5.69 Å². The number of carbonyl (C=O) groups excluding carboxylic acids is 1. The Kier molecular flexibility index (Phi) is 4.28. The maximum atomic E-state index is 12.0. The van der Waals surface area contributed by atoms with E-state index >= 15 is 0 Å². The van der Waals surface area contributed by atoms with Gasteiger partial charge in [-0.05, 0) is 37.6 Å². The monoisotopic (exact) mass is 288 g/mol. The van der Waals surface area contributed by atoms with Gasteiger partial charge in [-0.3, -0.25) is 4.79 Å². The van der Waals surface area contributed by atoms with Crippen LogP contribution >= 0.6 is 0 Å². The van der Waals surface area contributed by atoms with E-state index in [0.717, 1.165) is 5.69 Å². The number of aliphatic hydroxyl groups is 1. The van der Waals surface area contributed by atoms with Crippen LogP contribution in [0.4, 0.5) is 5.69 Å². The average Bonchev–Trinajstić information content (AvgIpc) is 2.95. The quantitative estimate of drug-likeness (QED) is 0.724. The summed E-state index contributed by atoms with van der Waals surface area (Å²) in [7, 11) is 0. The molecule has 2 aromatic rings. The second-order valence-corrected chi connectivity index (χ2v) is 5.27. The van der Waals surface area contributed by atoms with Crippen LogP contribution in [-0.2, 0) is 0 Å². The third-order valence-corrected chi connectivity index (χ3v) is 3.35. The maximum absolute atomic E-state index is 12.0. The first-order valence-corrected chi connectivity index (χ1v) is 6.83. The highest BCUT2D eigenvalue weighted by Gasteiger charge is 2.19. The average molecular weight is 288 g/mol. The van der Waals surface area contributed by atoms with Crippen molar-refractivity contribution in [1.29, 1.82) is 0 Å². The van der Waals surface area contributed by atoms with Crippen LogP contribution in [-0.4, -0.2) is 32.9 Å². The molecule has 0 aliphatic carbocycles. The fraction of sp³-hybridized carbons (Fsp3) is 0.333. The topological polar surface area (TPSA) is 93.2 Å². The lowest BCUT2D eigenvalue weighted by atomic mass is 10.0. The Morgan fingerprint density at radius 2 is 2.24 bits per heavy atom. The predicted molar refractivity (Wildman–Crippen MR) is 81.2 cm³/mol. The van der Waals surface area contributed by atoms with Crippen molar-refractivity contribution in [2.45, 2.75) is 25.9 Å². The van der Waals surface area contributed by atoms with E-state index in [1.165, 1.54) is 0 Å². The summed E-state index contributed by atoms with van der Waals surface area (Å²) in [6.45, 7) is 3.73. The maximum Gasteiger partial charge on any atom is 0.271 e. The molecular formula is C15H20N4O2. The minimum atomic E-state index is -0.911. The van der Waals surface area contributed by atoms with E-state index in [4.69, 9.17) is 5.73 Å². The van der Waals surface area contributed by atoms with Gasteiger partial charge in [-0.1, -0.05) is 13.0 Å². The number of nitrogens with one attached hydrogen (secondary N) is 1. The number of rotatable bonds is 5. The third kappa shape index (κ3) is 3.82. The number of aromatic nitrogens is 2. The summed E-state index contributed by atoms with van der Waals surface area (Å²) in [5.74, 6) is -0.314. The normalized spacial score (nSPS) is 13.7. The van der Waals surface area contributed by atoms with Crippen molar-refractivity contribution in [3.63, 3.8) is 0 Å². The fourth-order valence-electron chi connectivity index (χ4n) is 1.74. The van der Waals surface area contributed by atoms with Gasteiger partial charge in [0.1, 0.15) is 0 Å². The van der Waals surface area contributed by atoms with Gasteiger partial charge in [0, 0.05) is 18.4 Å². The standard InChI is InChI=1S/C15H20N4O2/c1-3-15(2,21)10-17-14(20)13-7-8-19(18-13)12-6-4-5-11(16)9-12/h4-9,21H,3,10,16H2,1-2H3,(H,17,20). The Morgan fingerprint density at radius 1 is 1.48 bits per heavy atom. The van der Waals surface area contributed by atoms with E-state index < -0.39 is 5.60 Å². The number of nitrogens with zero attached hydrogens (tertiary/aromatic N) is 2. The van der Waals surface area contributed by atoms with Gasteiger partial charge < -0.3 is 16.2 Å². The molecule has 0 bridgehead atoms. The van der Waals surface area contributed by atoms with E-state index in [-0.39, 0.29) is 12.5 Å². The number of hydrogen-bond donors (Lipinski definition) is 3. The molecule has 0 aliphatic rings. The molecule has 0 saturated heterocycles. The number of anilines is 1. The van der Waals surface area contributed by atoms with Crippen LogP contribution in [0.1, 0.15) is 30.8 Å². The summed E-state index contributed by atoms with van der Waals surface area (Å²) in [4.78, 5) is 12.0. The summed E-state index contributed by atoms with van der Waals surface area (Å²) in [5, 5.41) is 16.8. The van der Waals surface area contributed by atoms with Crippen LogP contribution in [0.2, 0.25) is 0 Å². The van der Waals surface area contributed by atoms with Gasteiger partial charge in [-0.15, -0.1) is 0 Å². The van der Waals surface area contributed by atoms with E-state index in [1.807, 2.05) is 19.1 Å². The van der Waals surface area contributed by atoms with Crippen molar-refractivity contribution in [3.8, 4) is 5.69 Å². The van der Waals surface area contributed by atoms with Crippen molar-refractivity contribution in [1.82, 2.24) is 15.1 Å². The number of benzene rings is 1. The van der Waals surface area contributed by atoms with Crippen LogP contribution in [0, 0.1) is 0 Å². The number of nitrogens with two attached hydrogens (primary N) is 1. The Balaban J connectivity index is 2.08. The van der Waals surface area contributed by atoms with Crippen LogP contribution < -0.4 is 11.1 Å². The van der Waals surface area contributed by atoms with Gasteiger partial charge in [0.25, 0.3) is 5.91 Å². The molecule has 0 radical (unpaired) electrons. The summed E-state index contributed by atoms with van der Waals surface area (Å²) in [6, 6.07) is 8.86. The molecule has 0 saturated carbocycles. The highest BCUT2D eigenvalue weighted by Crippen LogP contribution is 2.12. The minimum Gasteiger partial charge on any atom is -0.399 e. The van der Waals surface area contributed by atoms with Crippen LogP contribution in [0.25, 0.3) is 5.69 Å². The lowest BCUT2D eigenvalue weighted by Gasteiger charge is -2.21. The SMILES string of the molecule is CCC(C)(O)CNC(=O)c1ccn(-c2cccc(N)c2)n1. The first-order valence-electron chi connectivity index (χ1n) is 6.83. The van der Waals surface area contributed by atoms with Crippen molar-refractivity contribution < 1.29 is 9.90 Å². The fourth-order valence-corrected chi connectivity index (χ4v) is 1.74. The van der Waals surface area contributed by atoms with E-state index in [1.54, 1.807) is 36.0 Å². The van der Waals surface area contributed by atoms with Gasteiger partial charge in [0.2, 0.25) is 0 Å².